The number of carbonyl (C=O) groups is 2. The Hall–Kier alpha value is -2.29. The third-order valence-corrected chi connectivity index (χ3v) is 3.88. The van der Waals surface area contributed by atoms with Crippen LogP contribution in [0.2, 0.25) is 0 Å². The molecule has 1 amide bonds. The van der Waals surface area contributed by atoms with Crippen LogP contribution in [0, 0.1) is 5.92 Å². The minimum Gasteiger partial charge on any atom is -0.480 e. The molecule has 9 heteroatoms. The fourth-order valence-corrected chi connectivity index (χ4v) is 2.61. The van der Waals surface area contributed by atoms with Gasteiger partial charge in [-0.2, -0.15) is 16.1 Å². The third kappa shape index (κ3) is 3.24. The van der Waals surface area contributed by atoms with Crippen LogP contribution in [-0.2, 0) is 16.1 Å². The maximum atomic E-state index is 11.9. The lowest BCUT2D eigenvalue weighted by Crippen LogP contribution is -2.43. The number of aliphatic carboxylic acids is 1. The van der Waals surface area contributed by atoms with Crippen LogP contribution in [-0.4, -0.2) is 43.2 Å². The Bertz CT molecular complexity index is 650. The first kappa shape index (κ1) is 13.7. The number of rotatable bonds is 6. The Morgan fingerprint density at radius 3 is 2.95 bits per heavy atom. The number of carbonyl (C=O) groups excluding carboxylic acids is 1. The highest BCUT2D eigenvalue weighted by molar-refractivity contribution is 7.08. The standard InChI is InChI=1S/C12H13N5O3S/c18-9(13-10(12(19)20)7-1-2-7)5-17-15-11(14-16-17)8-3-4-21-6-8/h3-4,6-7,10H,1-2,5H2,(H,13,18)(H,19,20). The van der Waals surface area contributed by atoms with Crippen LogP contribution in [0.4, 0.5) is 0 Å². The highest BCUT2D eigenvalue weighted by atomic mass is 32.1. The summed E-state index contributed by atoms with van der Waals surface area (Å²) in [5.41, 5.74) is 0.841. The maximum Gasteiger partial charge on any atom is 0.326 e. The summed E-state index contributed by atoms with van der Waals surface area (Å²) in [5.74, 6) is -0.947. The largest absolute Gasteiger partial charge is 0.480 e. The fourth-order valence-electron chi connectivity index (χ4n) is 1.98. The summed E-state index contributed by atoms with van der Waals surface area (Å²) in [6, 6.07) is 1.04. The third-order valence-electron chi connectivity index (χ3n) is 3.19. The number of nitrogens with one attached hydrogen (secondary N) is 1. The average Bonchev–Trinajstić information content (AvgIpc) is 2.94. The van der Waals surface area contributed by atoms with E-state index in [1.54, 1.807) is 0 Å². The van der Waals surface area contributed by atoms with Crippen molar-refractivity contribution in [2.45, 2.75) is 25.4 Å². The van der Waals surface area contributed by atoms with Gasteiger partial charge in [-0.25, -0.2) is 4.79 Å². The predicted octanol–water partition coefficient (Wildman–Crippen LogP) is 0.381. The van der Waals surface area contributed by atoms with Crippen LogP contribution in [0.3, 0.4) is 0 Å². The van der Waals surface area contributed by atoms with Gasteiger partial charge in [0.25, 0.3) is 0 Å². The number of hydrogen-bond donors (Lipinski definition) is 2. The molecule has 1 unspecified atom stereocenters. The molecular weight excluding hydrogens is 294 g/mol. The highest BCUT2D eigenvalue weighted by Gasteiger charge is 2.37. The molecule has 0 radical (unpaired) electrons. The lowest BCUT2D eigenvalue weighted by molar-refractivity contribution is -0.142. The average molecular weight is 307 g/mol. The lowest BCUT2D eigenvalue weighted by atomic mass is 10.2. The highest BCUT2D eigenvalue weighted by Crippen LogP contribution is 2.32. The van der Waals surface area contributed by atoms with Gasteiger partial charge in [0, 0.05) is 10.9 Å². The van der Waals surface area contributed by atoms with Crippen molar-refractivity contribution >= 4 is 23.2 Å². The Morgan fingerprint density at radius 1 is 1.52 bits per heavy atom. The molecule has 1 saturated carbocycles. The molecule has 2 N–H and O–H groups in total. The van der Waals surface area contributed by atoms with E-state index < -0.39 is 17.9 Å². The normalized spacial score (nSPS) is 15.6. The van der Waals surface area contributed by atoms with Gasteiger partial charge >= 0.3 is 5.97 Å². The van der Waals surface area contributed by atoms with E-state index in [9.17, 15) is 9.59 Å². The van der Waals surface area contributed by atoms with E-state index in [-0.39, 0.29) is 12.5 Å². The summed E-state index contributed by atoms with van der Waals surface area (Å²) in [6.45, 7) is -0.145. The van der Waals surface area contributed by atoms with Gasteiger partial charge in [0.2, 0.25) is 11.7 Å². The van der Waals surface area contributed by atoms with E-state index >= 15 is 0 Å². The number of carboxylic acid groups (broad SMARTS) is 1. The molecule has 1 fully saturated rings. The van der Waals surface area contributed by atoms with Crippen molar-refractivity contribution in [1.29, 1.82) is 0 Å². The first-order chi connectivity index (χ1) is 10.1. The van der Waals surface area contributed by atoms with Crippen LogP contribution in [0.5, 0.6) is 0 Å². The molecule has 0 aromatic carbocycles. The van der Waals surface area contributed by atoms with Crippen LogP contribution in [0.15, 0.2) is 16.8 Å². The fraction of sp³-hybridized carbons (Fsp3) is 0.417. The number of tetrazole rings is 1. The van der Waals surface area contributed by atoms with Gasteiger partial charge in [-0.3, -0.25) is 4.79 Å². The number of hydrogen-bond acceptors (Lipinski definition) is 6. The van der Waals surface area contributed by atoms with Crippen LogP contribution >= 0.6 is 11.3 Å². The van der Waals surface area contributed by atoms with Crippen LogP contribution in [0.25, 0.3) is 11.4 Å². The Morgan fingerprint density at radius 2 is 2.33 bits per heavy atom. The van der Waals surface area contributed by atoms with Crippen LogP contribution < -0.4 is 5.32 Å². The van der Waals surface area contributed by atoms with E-state index in [1.165, 1.54) is 11.3 Å². The predicted molar refractivity (Wildman–Crippen MR) is 73.4 cm³/mol. The van der Waals surface area contributed by atoms with Gasteiger partial charge in [0.05, 0.1) is 0 Å². The number of aromatic nitrogens is 4. The Balaban J connectivity index is 1.61. The van der Waals surface area contributed by atoms with Crippen molar-refractivity contribution < 1.29 is 14.7 Å². The molecule has 8 nitrogen and oxygen atoms in total. The second-order valence-electron chi connectivity index (χ2n) is 4.88. The summed E-state index contributed by atoms with van der Waals surface area (Å²) in [7, 11) is 0. The van der Waals surface area contributed by atoms with Crippen molar-refractivity contribution in [1.82, 2.24) is 25.5 Å². The van der Waals surface area contributed by atoms with Gasteiger partial charge in [0.15, 0.2) is 0 Å². The molecule has 2 aromatic heterocycles. The molecule has 0 saturated heterocycles. The molecule has 2 heterocycles. The van der Waals surface area contributed by atoms with Crippen LogP contribution in [0.1, 0.15) is 12.8 Å². The van der Waals surface area contributed by atoms with Crippen molar-refractivity contribution in [2.24, 2.45) is 5.92 Å². The van der Waals surface area contributed by atoms with E-state index in [1.807, 2.05) is 16.8 Å². The van der Waals surface area contributed by atoms with Crippen molar-refractivity contribution in [3.63, 3.8) is 0 Å². The smallest absolute Gasteiger partial charge is 0.326 e. The zero-order valence-electron chi connectivity index (χ0n) is 11.0. The topological polar surface area (TPSA) is 110 Å². The maximum absolute atomic E-state index is 11.9. The van der Waals surface area contributed by atoms with E-state index in [2.05, 4.69) is 20.7 Å². The first-order valence-electron chi connectivity index (χ1n) is 6.46. The molecule has 110 valence electrons. The quantitative estimate of drug-likeness (QED) is 0.798. The lowest BCUT2D eigenvalue weighted by Gasteiger charge is -2.12. The SMILES string of the molecule is O=C(Cn1nnc(-c2ccsc2)n1)NC(C(=O)O)C1CC1. The van der Waals surface area contributed by atoms with Gasteiger partial charge in [-0.05, 0) is 35.4 Å². The number of amides is 1. The van der Waals surface area contributed by atoms with Gasteiger partial charge in [-0.1, -0.05) is 0 Å². The van der Waals surface area contributed by atoms with E-state index in [0.29, 0.717) is 5.82 Å². The van der Waals surface area contributed by atoms with Gasteiger partial charge in [-0.15, -0.1) is 10.2 Å². The molecule has 0 bridgehead atoms. The van der Waals surface area contributed by atoms with Crippen molar-refractivity contribution in [3.8, 4) is 11.4 Å². The minimum absolute atomic E-state index is 0.0384. The van der Waals surface area contributed by atoms with Crippen molar-refractivity contribution in [3.05, 3.63) is 16.8 Å². The minimum atomic E-state index is -1.00. The molecule has 0 spiro atoms. The molecule has 1 aliphatic carbocycles. The number of carboxylic acids is 1. The summed E-state index contributed by atoms with van der Waals surface area (Å²) < 4.78 is 0. The zero-order chi connectivity index (χ0) is 14.8. The summed E-state index contributed by atoms with van der Waals surface area (Å²) in [5, 5.41) is 27.1. The molecule has 3 rings (SSSR count). The second kappa shape index (κ2) is 5.60. The zero-order valence-corrected chi connectivity index (χ0v) is 11.8. The first-order valence-corrected chi connectivity index (χ1v) is 7.40. The van der Waals surface area contributed by atoms with E-state index in [0.717, 1.165) is 23.2 Å². The van der Waals surface area contributed by atoms with Gasteiger partial charge < -0.3 is 10.4 Å². The number of nitrogens with zero attached hydrogens (tertiary/aromatic N) is 4. The molecule has 1 aliphatic rings. The summed E-state index contributed by atoms with van der Waals surface area (Å²) in [6.07, 6.45) is 1.67. The summed E-state index contributed by atoms with van der Waals surface area (Å²) in [4.78, 5) is 24.1. The van der Waals surface area contributed by atoms with E-state index in [4.69, 9.17) is 5.11 Å². The monoisotopic (exact) mass is 307 g/mol. The summed E-state index contributed by atoms with van der Waals surface area (Å²) >= 11 is 1.52. The Labute approximate surface area is 123 Å². The Kier molecular flexibility index (Phi) is 3.65. The molecule has 21 heavy (non-hydrogen) atoms. The van der Waals surface area contributed by atoms with Gasteiger partial charge in [0.1, 0.15) is 12.6 Å². The second-order valence-corrected chi connectivity index (χ2v) is 5.66. The number of thiophene rings is 1. The molecule has 0 aliphatic heterocycles. The van der Waals surface area contributed by atoms with Crippen molar-refractivity contribution in [2.75, 3.05) is 0 Å². The molecular formula is C12H13N5O3S. The molecule has 2 aromatic rings. The molecule has 1 atom stereocenters.